The van der Waals surface area contributed by atoms with Crippen molar-refractivity contribution < 1.29 is 33.8 Å². The second-order valence-corrected chi connectivity index (χ2v) is 13.4. The molecule has 0 saturated heterocycles. The first-order valence-corrected chi connectivity index (χ1v) is 15.9. The summed E-state index contributed by atoms with van der Waals surface area (Å²) in [6, 6.07) is 0. The predicted octanol–water partition coefficient (Wildman–Crippen LogP) is 5.98. The SMILES string of the molecule is CCCCCCCCCCCCCCCCCCCC(C[N+](C)(C)C)(OCC(O)CO)P(=O)(O)O. The molecule has 212 valence electrons. The normalized spacial score (nSPS) is 15.3. The Bertz CT molecular complexity index is 536. The van der Waals surface area contributed by atoms with Gasteiger partial charge in [0, 0.05) is 0 Å². The number of rotatable bonds is 25. The predicted molar refractivity (Wildman–Crippen MR) is 145 cm³/mol. The first-order valence-electron chi connectivity index (χ1n) is 14.3. The third kappa shape index (κ3) is 18.8. The smallest absolute Gasteiger partial charge is 0.363 e. The lowest BCUT2D eigenvalue weighted by atomic mass is 10.0. The van der Waals surface area contributed by atoms with E-state index in [1.807, 2.05) is 21.1 Å². The molecular weight excluding hydrogens is 465 g/mol. The van der Waals surface area contributed by atoms with Crippen molar-refractivity contribution in [3.63, 3.8) is 0 Å². The minimum absolute atomic E-state index is 0.133. The van der Waals surface area contributed by atoms with E-state index in [9.17, 15) is 19.5 Å². The van der Waals surface area contributed by atoms with Crippen molar-refractivity contribution in [2.75, 3.05) is 40.9 Å². The summed E-state index contributed by atoms with van der Waals surface area (Å²) in [4.78, 5) is 20.3. The molecule has 0 aliphatic carbocycles. The van der Waals surface area contributed by atoms with E-state index in [2.05, 4.69) is 6.92 Å². The zero-order valence-corrected chi connectivity index (χ0v) is 24.3. The molecule has 35 heavy (non-hydrogen) atoms. The van der Waals surface area contributed by atoms with Crippen LogP contribution in [0.25, 0.3) is 0 Å². The molecule has 0 fully saturated rings. The minimum Gasteiger partial charge on any atom is -0.394 e. The Morgan fingerprint density at radius 3 is 1.43 bits per heavy atom. The van der Waals surface area contributed by atoms with Crippen LogP contribution in [0.4, 0.5) is 0 Å². The second kappa shape index (κ2) is 20.0. The monoisotopic (exact) mass is 524 g/mol. The van der Waals surface area contributed by atoms with Gasteiger partial charge in [0.2, 0.25) is 5.34 Å². The van der Waals surface area contributed by atoms with Crippen LogP contribution in [0.15, 0.2) is 0 Å². The van der Waals surface area contributed by atoms with Gasteiger partial charge >= 0.3 is 7.60 Å². The Labute approximate surface area is 216 Å². The molecule has 0 bridgehead atoms. The zero-order valence-electron chi connectivity index (χ0n) is 23.4. The number of hydrogen-bond donors (Lipinski definition) is 4. The summed E-state index contributed by atoms with van der Waals surface area (Å²) >= 11 is 0. The van der Waals surface area contributed by atoms with Crippen LogP contribution in [-0.2, 0) is 9.30 Å². The molecular formula is C27H59NO6P+. The van der Waals surface area contributed by atoms with Gasteiger partial charge < -0.3 is 29.2 Å². The summed E-state index contributed by atoms with van der Waals surface area (Å²) in [6.45, 7) is 1.61. The van der Waals surface area contributed by atoms with E-state index in [-0.39, 0.29) is 19.6 Å². The molecule has 7 nitrogen and oxygen atoms in total. The third-order valence-corrected chi connectivity index (χ3v) is 8.23. The van der Waals surface area contributed by atoms with Crippen molar-refractivity contribution in [3.8, 4) is 0 Å². The highest BCUT2D eigenvalue weighted by Gasteiger charge is 2.52. The summed E-state index contributed by atoms with van der Waals surface area (Å²) < 4.78 is 18.4. The highest BCUT2D eigenvalue weighted by atomic mass is 31.2. The number of ether oxygens (including phenoxy) is 1. The second-order valence-electron chi connectivity index (χ2n) is 11.5. The van der Waals surface area contributed by atoms with E-state index >= 15 is 0 Å². The van der Waals surface area contributed by atoms with E-state index in [0.717, 1.165) is 19.3 Å². The summed E-state index contributed by atoms with van der Waals surface area (Å²) in [7, 11) is 1.01. The highest BCUT2D eigenvalue weighted by molar-refractivity contribution is 7.53. The van der Waals surface area contributed by atoms with Crippen LogP contribution in [-0.4, -0.2) is 76.8 Å². The van der Waals surface area contributed by atoms with Crippen LogP contribution in [0.3, 0.4) is 0 Å². The highest BCUT2D eigenvalue weighted by Crippen LogP contribution is 2.55. The summed E-state index contributed by atoms with van der Waals surface area (Å²) in [5, 5.41) is 17.1. The Kier molecular flexibility index (Phi) is 20.0. The maximum Gasteiger partial charge on any atom is 0.363 e. The molecule has 0 aromatic heterocycles. The molecule has 0 saturated carbocycles. The number of aliphatic hydroxyl groups excluding tert-OH is 2. The molecule has 0 aromatic carbocycles. The van der Waals surface area contributed by atoms with E-state index in [0.29, 0.717) is 10.9 Å². The van der Waals surface area contributed by atoms with Crippen molar-refractivity contribution in [2.45, 2.75) is 134 Å². The fourth-order valence-corrected chi connectivity index (χ4v) is 5.99. The standard InChI is InChI=1S/C27H58NO6P/c1-5-6-7-8-9-10-11-12-13-14-15-16-17-18-19-20-21-22-27(35(31,32)33,25-28(2,3)4)34-24-26(30)23-29/h26,29-30H,5-25H2,1-4H3,(H-,31,32,33)/p+1. The average molecular weight is 525 g/mol. The zero-order chi connectivity index (χ0) is 26.6. The molecule has 0 amide bonds. The van der Waals surface area contributed by atoms with Gasteiger partial charge in [0.1, 0.15) is 12.6 Å². The van der Waals surface area contributed by atoms with Crippen molar-refractivity contribution in [1.82, 2.24) is 0 Å². The van der Waals surface area contributed by atoms with Crippen molar-refractivity contribution in [1.29, 1.82) is 0 Å². The van der Waals surface area contributed by atoms with Gasteiger partial charge in [0.25, 0.3) is 0 Å². The van der Waals surface area contributed by atoms with Gasteiger partial charge in [-0.1, -0.05) is 110 Å². The van der Waals surface area contributed by atoms with Gasteiger partial charge in [-0.05, 0) is 12.8 Å². The molecule has 0 aliphatic rings. The molecule has 4 N–H and O–H groups in total. The molecule has 0 heterocycles. The molecule has 0 aromatic rings. The van der Waals surface area contributed by atoms with Crippen molar-refractivity contribution >= 4 is 7.60 Å². The van der Waals surface area contributed by atoms with Gasteiger partial charge in [-0.3, -0.25) is 4.57 Å². The number of likely N-dealkylation sites (N-methyl/N-ethyl adjacent to an activating group) is 1. The third-order valence-electron chi connectivity index (χ3n) is 6.68. The lowest BCUT2D eigenvalue weighted by Gasteiger charge is -2.39. The summed E-state index contributed by atoms with van der Waals surface area (Å²) in [6.07, 6.45) is 20.4. The molecule has 0 rings (SSSR count). The maximum atomic E-state index is 12.5. The lowest BCUT2D eigenvalue weighted by Crippen LogP contribution is -2.51. The Hall–Kier alpha value is -0.0100. The van der Waals surface area contributed by atoms with Crippen LogP contribution in [0.1, 0.15) is 122 Å². The van der Waals surface area contributed by atoms with Gasteiger partial charge in [0.05, 0.1) is 34.4 Å². The quantitative estimate of drug-likeness (QED) is 0.0665. The number of unbranched alkanes of at least 4 members (excludes halogenated alkanes) is 16. The van der Waals surface area contributed by atoms with Crippen LogP contribution >= 0.6 is 7.60 Å². The summed E-state index contributed by atoms with van der Waals surface area (Å²) in [5.41, 5.74) is 0. The van der Waals surface area contributed by atoms with Gasteiger partial charge in [-0.25, -0.2) is 0 Å². The fourth-order valence-electron chi connectivity index (χ4n) is 4.69. The Morgan fingerprint density at radius 2 is 1.11 bits per heavy atom. The number of hydrogen-bond acceptors (Lipinski definition) is 4. The van der Waals surface area contributed by atoms with Gasteiger partial charge in [-0.15, -0.1) is 0 Å². The molecule has 2 unspecified atom stereocenters. The average Bonchev–Trinajstić information content (AvgIpc) is 2.77. The summed E-state index contributed by atoms with van der Waals surface area (Å²) in [5.74, 6) is 0. The van der Waals surface area contributed by atoms with E-state index in [1.54, 1.807) is 0 Å². The molecule has 8 heteroatoms. The number of quaternary nitrogens is 1. The van der Waals surface area contributed by atoms with E-state index < -0.39 is 25.6 Å². The van der Waals surface area contributed by atoms with E-state index in [4.69, 9.17) is 9.84 Å². The Morgan fingerprint density at radius 1 is 0.743 bits per heavy atom. The molecule has 0 aliphatic heterocycles. The first kappa shape index (κ1) is 35.0. The van der Waals surface area contributed by atoms with Gasteiger partial charge in [0.15, 0.2) is 0 Å². The lowest BCUT2D eigenvalue weighted by molar-refractivity contribution is -0.875. The largest absolute Gasteiger partial charge is 0.394 e. The maximum absolute atomic E-state index is 12.5. The number of aliphatic hydroxyl groups is 2. The fraction of sp³-hybridized carbons (Fsp3) is 1.00. The molecule has 0 spiro atoms. The molecule has 2 atom stereocenters. The van der Waals surface area contributed by atoms with Crippen LogP contribution in [0.2, 0.25) is 0 Å². The topological polar surface area (TPSA) is 107 Å². The van der Waals surface area contributed by atoms with Gasteiger partial charge in [-0.2, -0.15) is 0 Å². The van der Waals surface area contributed by atoms with Crippen LogP contribution in [0.5, 0.6) is 0 Å². The Balaban J connectivity index is 4.07. The van der Waals surface area contributed by atoms with Crippen LogP contribution in [0, 0.1) is 0 Å². The van der Waals surface area contributed by atoms with Crippen LogP contribution < -0.4 is 0 Å². The first-order chi connectivity index (χ1) is 16.5. The molecule has 0 radical (unpaired) electrons. The minimum atomic E-state index is -4.59. The van der Waals surface area contributed by atoms with Crippen molar-refractivity contribution in [3.05, 3.63) is 0 Å². The van der Waals surface area contributed by atoms with E-state index in [1.165, 1.54) is 83.5 Å². The number of nitrogens with zero attached hydrogens (tertiary/aromatic N) is 1. The van der Waals surface area contributed by atoms with Crippen molar-refractivity contribution in [2.24, 2.45) is 0 Å².